The molecule has 0 rings (SSSR count). The highest BCUT2D eigenvalue weighted by Gasteiger charge is 2.12. The van der Waals surface area contributed by atoms with Crippen molar-refractivity contribution in [3.63, 3.8) is 0 Å². The van der Waals surface area contributed by atoms with Crippen molar-refractivity contribution in [3.05, 3.63) is 0 Å². The molecule has 0 aromatic rings. The number of methoxy groups -OCH3 is 1. The summed E-state index contributed by atoms with van der Waals surface area (Å²) < 4.78 is 4.48. The van der Waals surface area contributed by atoms with Gasteiger partial charge in [0.15, 0.2) is 5.96 Å². The molecular weight excluding hydrogens is 184 g/mol. The Balaban J connectivity index is 3.45. The maximum atomic E-state index is 10.9. The van der Waals surface area contributed by atoms with Gasteiger partial charge in [-0.05, 0) is 19.3 Å². The molecule has 0 unspecified atom stereocenters. The van der Waals surface area contributed by atoms with Crippen LogP contribution in [0.25, 0.3) is 0 Å². The van der Waals surface area contributed by atoms with Crippen molar-refractivity contribution in [3.8, 4) is 0 Å². The second kappa shape index (κ2) is 7.14. The minimum atomic E-state index is -0.542. The lowest BCUT2D eigenvalue weighted by atomic mass is 10.1. The molecule has 0 fully saturated rings. The largest absolute Gasteiger partial charge is 0.468 e. The van der Waals surface area contributed by atoms with Gasteiger partial charge in [0.2, 0.25) is 0 Å². The third-order valence-electron chi connectivity index (χ3n) is 1.72. The van der Waals surface area contributed by atoms with Crippen LogP contribution in [0.2, 0.25) is 0 Å². The van der Waals surface area contributed by atoms with Gasteiger partial charge in [-0.3, -0.25) is 9.79 Å². The quantitative estimate of drug-likeness (QED) is 0.219. The minimum Gasteiger partial charge on any atom is -0.468 e. The van der Waals surface area contributed by atoms with E-state index in [-0.39, 0.29) is 11.9 Å². The number of hydrogen-bond donors (Lipinski definition) is 3. The van der Waals surface area contributed by atoms with Gasteiger partial charge >= 0.3 is 5.97 Å². The molecule has 0 aliphatic carbocycles. The molecule has 14 heavy (non-hydrogen) atoms. The first-order valence-electron chi connectivity index (χ1n) is 4.46. The van der Waals surface area contributed by atoms with E-state index in [4.69, 9.17) is 17.2 Å². The molecule has 0 saturated heterocycles. The number of aliphatic imine (C=N–C) groups is 1. The predicted molar refractivity (Wildman–Crippen MR) is 54.5 cm³/mol. The molecule has 82 valence electrons. The van der Waals surface area contributed by atoms with E-state index in [1.54, 1.807) is 0 Å². The van der Waals surface area contributed by atoms with Crippen LogP contribution in [0.4, 0.5) is 0 Å². The van der Waals surface area contributed by atoms with E-state index in [1.807, 2.05) is 0 Å². The van der Waals surface area contributed by atoms with Crippen LogP contribution in [0.3, 0.4) is 0 Å². The molecule has 6 nitrogen and oxygen atoms in total. The summed E-state index contributed by atoms with van der Waals surface area (Å²) >= 11 is 0. The van der Waals surface area contributed by atoms with Crippen molar-refractivity contribution in [2.24, 2.45) is 22.2 Å². The van der Waals surface area contributed by atoms with Crippen molar-refractivity contribution in [2.45, 2.75) is 25.3 Å². The van der Waals surface area contributed by atoms with E-state index < -0.39 is 6.04 Å². The molecule has 0 spiro atoms. The van der Waals surface area contributed by atoms with E-state index in [0.29, 0.717) is 13.0 Å². The Kier molecular flexibility index (Phi) is 6.47. The van der Waals surface area contributed by atoms with Gasteiger partial charge in [-0.1, -0.05) is 0 Å². The Labute approximate surface area is 83.5 Å². The standard InChI is InChI=1S/C8H18N4O2/c1-14-7(13)6(9)4-2-3-5-12-8(10)11/h6H,2-5,9H2,1H3,(H4,10,11,12)/t6-/m1/s1. The van der Waals surface area contributed by atoms with Crippen LogP contribution in [0.5, 0.6) is 0 Å². The van der Waals surface area contributed by atoms with Gasteiger partial charge in [-0.25, -0.2) is 0 Å². The highest BCUT2D eigenvalue weighted by molar-refractivity contribution is 5.75. The number of unbranched alkanes of at least 4 members (excludes halogenated alkanes) is 1. The average Bonchev–Trinajstić information content (AvgIpc) is 2.15. The lowest BCUT2D eigenvalue weighted by Crippen LogP contribution is -2.31. The van der Waals surface area contributed by atoms with E-state index in [1.165, 1.54) is 7.11 Å². The van der Waals surface area contributed by atoms with Crippen molar-refractivity contribution >= 4 is 11.9 Å². The lowest BCUT2D eigenvalue weighted by Gasteiger charge is -2.07. The summed E-state index contributed by atoms with van der Waals surface area (Å²) in [6, 6.07) is -0.542. The summed E-state index contributed by atoms with van der Waals surface area (Å²) in [5, 5.41) is 0. The molecule has 0 saturated carbocycles. The van der Waals surface area contributed by atoms with Gasteiger partial charge in [0.25, 0.3) is 0 Å². The highest BCUT2D eigenvalue weighted by atomic mass is 16.5. The van der Waals surface area contributed by atoms with E-state index in [9.17, 15) is 4.79 Å². The number of nitrogens with two attached hydrogens (primary N) is 3. The first kappa shape index (κ1) is 12.7. The fourth-order valence-corrected chi connectivity index (χ4v) is 0.953. The Hall–Kier alpha value is -1.30. The molecule has 0 heterocycles. The number of carbonyl (C=O) groups excluding carboxylic acids is 1. The summed E-state index contributed by atoms with van der Waals surface area (Å²) in [4.78, 5) is 14.7. The monoisotopic (exact) mass is 202 g/mol. The summed E-state index contributed by atoms with van der Waals surface area (Å²) in [6.45, 7) is 0.566. The molecule has 0 radical (unpaired) electrons. The Morgan fingerprint density at radius 2 is 2.07 bits per heavy atom. The summed E-state index contributed by atoms with van der Waals surface area (Å²) in [5.74, 6) is -0.297. The molecule has 1 atom stereocenters. The first-order valence-corrected chi connectivity index (χ1v) is 4.46. The first-order chi connectivity index (χ1) is 6.57. The summed E-state index contributed by atoms with van der Waals surface area (Å²) in [5.41, 5.74) is 15.8. The van der Waals surface area contributed by atoms with E-state index >= 15 is 0 Å². The maximum absolute atomic E-state index is 10.9. The number of nitrogens with zero attached hydrogens (tertiary/aromatic N) is 1. The smallest absolute Gasteiger partial charge is 0.322 e. The third-order valence-corrected chi connectivity index (χ3v) is 1.72. The van der Waals surface area contributed by atoms with Crippen LogP contribution in [0.1, 0.15) is 19.3 Å². The third kappa shape index (κ3) is 6.24. The van der Waals surface area contributed by atoms with Crippen LogP contribution < -0.4 is 17.2 Å². The number of guanidine groups is 1. The van der Waals surface area contributed by atoms with Crippen LogP contribution >= 0.6 is 0 Å². The second-order valence-corrected chi connectivity index (χ2v) is 2.93. The van der Waals surface area contributed by atoms with Crippen molar-refractivity contribution in [2.75, 3.05) is 13.7 Å². The molecule has 0 aliphatic heterocycles. The Morgan fingerprint density at radius 3 is 2.57 bits per heavy atom. The van der Waals surface area contributed by atoms with Crippen LogP contribution in [0.15, 0.2) is 4.99 Å². The fraction of sp³-hybridized carbons (Fsp3) is 0.750. The van der Waals surface area contributed by atoms with Gasteiger partial charge in [-0.2, -0.15) is 0 Å². The summed E-state index contributed by atoms with van der Waals surface area (Å²) in [7, 11) is 1.32. The Bertz CT molecular complexity index is 202. The Morgan fingerprint density at radius 1 is 1.43 bits per heavy atom. The molecule has 0 bridgehead atoms. The molecule has 0 aromatic heterocycles. The van der Waals surface area contributed by atoms with Crippen LogP contribution in [-0.4, -0.2) is 31.6 Å². The normalized spacial score (nSPS) is 11.9. The number of carbonyl (C=O) groups is 1. The highest BCUT2D eigenvalue weighted by Crippen LogP contribution is 2.00. The second-order valence-electron chi connectivity index (χ2n) is 2.93. The SMILES string of the molecule is COC(=O)[C@H](N)CCCCN=C(N)N. The maximum Gasteiger partial charge on any atom is 0.322 e. The molecule has 0 aliphatic rings. The van der Waals surface area contributed by atoms with Gasteiger partial charge < -0.3 is 21.9 Å². The van der Waals surface area contributed by atoms with E-state index in [2.05, 4.69) is 9.73 Å². The molecule has 6 heteroatoms. The van der Waals surface area contributed by atoms with Gasteiger partial charge in [0.1, 0.15) is 6.04 Å². The van der Waals surface area contributed by atoms with Crippen molar-refractivity contribution in [1.29, 1.82) is 0 Å². The topological polar surface area (TPSA) is 117 Å². The zero-order valence-electron chi connectivity index (χ0n) is 8.40. The molecule has 6 N–H and O–H groups in total. The molecule has 0 amide bonds. The number of esters is 1. The van der Waals surface area contributed by atoms with Crippen LogP contribution in [-0.2, 0) is 9.53 Å². The van der Waals surface area contributed by atoms with E-state index in [0.717, 1.165) is 12.8 Å². The zero-order chi connectivity index (χ0) is 11.0. The van der Waals surface area contributed by atoms with Gasteiger partial charge in [0.05, 0.1) is 7.11 Å². The number of ether oxygens (including phenoxy) is 1. The van der Waals surface area contributed by atoms with Crippen molar-refractivity contribution < 1.29 is 9.53 Å². The zero-order valence-corrected chi connectivity index (χ0v) is 8.40. The van der Waals surface area contributed by atoms with Crippen LogP contribution in [0, 0.1) is 0 Å². The predicted octanol–water partition coefficient (Wildman–Crippen LogP) is -1.07. The minimum absolute atomic E-state index is 0.0854. The molecule has 0 aromatic carbocycles. The fourth-order valence-electron chi connectivity index (χ4n) is 0.953. The molecular formula is C8H18N4O2. The van der Waals surface area contributed by atoms with Gasteiger partial charge in [-0.15, -0.1) is 0 Å². The average molecular weight is 202 g/mol. The number of rotatable bonds is 6. The van der Waals surface area contributed by atoms with Gasteiger partial charge in [0, 0.05) is 6.54 Å². The van der Waals surface area contributed by atoms with Crippen molar-refractivity contribution in [1.82, 2.24) is 0 Å². The lowest BCUT2D eigenvalue weighted by molar-refractivity contribution is -0.142. The number of hydrogen-bond acceptors (Lipinski definition) is 4. The summed E-state index contributed by atoms with van der Waals surface area (Å²) in [6.07, 6.45) is 2.20.